The fourth-order valence-electron chi connectivity index (χ4n) is 4.25. The van der Waals surface area contributed by atoms with Gasteiger partial charge in [-0.3, -0.25) is 4.99 Å². The molecule has 0 aromatic carbocycles. The Kier molecular flexibility index (Phi) is 6.24. The molecule has 1 atom stereocenters. The standard InChI is InChI=1S/C18H33N3O2S2/c1-15(2)20-17(19-12-16-6-11-25(22,23)13-16)21-9-10-24-18(14-21)7-4-3-5-8-18/h15-16H,3-14H2,1-2H3,(H,19,20). The minimum Gasteiger partial charge on any atom is -0.354 e. The monoisotopic (exact) mass is 387 g/mol. The predicted molar refractivity (Wildman–Crippen MR) is 107 cm³/mol. The fourth-order valence-corrected chi connectivity index (χ4v) is 7.67. The summed E-state index contributed by atoms with van der Waals surface area (Å²) in [5.41, 5.74) is 0. The Bertz CT molecular complexity index is 578. The Labute approximate surface area is 157 Å². The van der Waals surface area contributed by atoms with E-state index in [4.69, 9.17) is 4.99 Å². The van der Waals surface area contributed by atoms with Gasteiger partial charge in [-0.1, -0.05) is 19.3 Å². The van der Waals surface area contributed by atoms with Gasteiger partial charge < -0.3 is 10.2 Å². The van der Waals surface area contributed by atoms with Gasteiger partial charge in [0.15, 0.2) is 15.8 Å². The summed E-state index contributed by atoms with van der Waals surface area (Å²) < 4.78 is 23.8. The van der Waals surface area contributed by atoms with Gasteiger partial charge in [0.1, 0.15) is 0 Å². The van der Waals surface area contributed by atoms with E-state index in [-0.39, 0.29) is 5.92 Å². The Morgan fingerprint density at radius 1 is 1.32 bits per heavy atom. The highest BCUT2D eigenvalue weighted by molar-refractivity contribution is 8.00. The maximum absolute atomic E-state index is 11.7. The molecular formula is C18H33N3O2S2. The summed E-state index contributed by atoms with van der Waals surface area (Å²) in [6, 6.07) is 0.336. The minimum absolute atomic E-state index is 0.191. The van der Waals surface area contributed by atoms with E-state index in [0.29, 0.717) is 28.8 Å². The number of hydrogen-bond donors (Lipinski definition) is 1. The first-order valence-electron chi connectivity index (χ1n) is 9.78. The third kappa shape index (κ3) is 5.28. The molecule has 3 fully saturated rings. The van der Waals surface area contributed by atoms with E-state index in [1.165, 1.54) is 32.1 Å². The van der Waals surface area contributed by atoms with E-state index in [9.17, 15) is 8.42 Å². The van der Waals surface area contributed by atoms with Gasteiger partial charge >= 0.3 is 0 Å². The molecule has 0 amide bonds. The van der Waals surface area contributed by atoms with Crippen LogP contribution in [-0.4, -0.2) is 67.0 Å². The SMILES string of the molecule is CC(C)NC(=NCC1CCS(=O)(=O)C1)N1CCSC2(CCCCC2)C1. The zero-order valence-corrected chi connectivity index (χ0v) is 17.3. The van der Waals surface area contributed by atoms with Crippen molar-refractivity contribution in [3.05, 3.63) is 0 Å². The molecule has 1 unspecified atom stereocenters. The number of sulfone groups is 1. The Hall–Kier alpha value is -0.430. The van der Waals surface area contributed by atoms with E-state index < -0.39 is 9.84 Å². The van der Waals surface area contributed by atoms with E-state index in [1.807, 2.05) is 0 Å². The molecule has 1 saturated carbocycles. The van der Waals surface area contributed by atoms with Crippen molar-refractivity contribution in [3.63, 3.8) is 0 Å². The fraction of sp³-hybridized carbons (Fsp3) is 0.944. The van der Waals surface area contributed by atoms with Crippen LogP contribution < -0.4 is 5.32 Å². The van der Waals surface area contributed by atoms with Crippen LogP contribution in [0.3, 0.4) is 0 Å². The van der Waals surface area contributed by atoms with Crippen molar-refractivity contribution in [1.29, 1.82) is 0 Å². The second-order valence-electron chi connectivity index (χ2n) is 8.25. The van der Waals surface area contributed by atoms with Crippen LogP contribution in [0.4, 0.5) is 0 Å². The summed E-state index contributed by atoms with van der Waals surface area (Å²) in [4.78, 5) is 7.31. The maximum Gasteiger partial charge on any atom is 0.194 e. The number of guanidine groups is 1. The lowest BCUT2D eigenvalue weighted by Gasteiger charge is -2.45. The van der Waals surface area contributed by atoms with Crippen LogP contribution in [0.25, 0.3) is 0 Å². The third-order valence-corrected chi connectivity index (χ3v) is 8.93. The first-order chi connectivity index (χ1) is 11.9. The zero-order valence-electron chi connectivity index (χ0n) is 15.7. The summed E-state index contributed by atoms with van der Waals surface area (Å²) in [7, 11) is -2.82. The number of thioether (sulfide) groups is 1. The first kappa shape index (κ1) is 19.3. The molecule has 0 bridgehead atoms. The molecule has 1 N–H and O–H groups in total. The van der Waals surface area contributed by atoms with Gasteiger partial charge in [0.05, 0.1) is 11.5 Å². The van der Waals surface area contributed by atoms with Crippen LogP contribution in [0, 0.1) is 5.92 Å². The third-order valence-electron chi connectivity index (χ3n) is 5.56. The number of hydrogen-bond acceptors (Lipinski definition) is 4. The average molecular weight is 388 g/mol. The highest BCUT2D eigenvalue weighted by Gasteiger charge is 2.38. The molecule has 0 radical (unpaired) electrons. The first-order valence-corrected chi connectivity index (χ1v) is 12.6. The molecule has 7 heteroatoms. The quantitative estimate of drug-likeness (QED) is 0.596. The van der Waals surface area contributed by atoms with Gasteiger partial charge in [-0.25, -0.2) is 8.42 Å². The summed E-state index contributed by atoms with van der Waals surface area (Å²) in [6.07, 6.45) is 7.49. The summed E-state index contributed by atoms with van der Waals surface area (Å²) in [6.45, 7) is 7.04. The van der Waals surface area contributed by atoms with E-state index >= 15 is 0 Å². The highest BCUT2D eigenvalue weighted by atomic mass is 32.2. The van der Waals surface area contributed by atoms with Crippen LogP contribution >= 0.6 is 11.8 Å². The van der Waals surface area contributed by atoms with Crippen molar-refractivity contribution in [2.24, 2.45) is 10.9 Å². The van der Waals surface area contributed by atoms with Crippen LogP contribution in [-0.2, 0) is 9.84 Å². The lowest BCUT2D eigenvalue weighted by molar-refractivity contribution is 0.291. The summed E-state index contributed by atoms with van der Waals surface area (Å²) in [5.74, 6) is 2.99. The predicted octanol–water partition coefficient (Wildman–Crippen LogP) is 2.53. The Morgan fingerprint density at radius 3 is 2.72 bits per heavy atom. The average Bonchev–Trinajstić information content (AvgIpc) is 2.91. The van der Waals surface area contributed by atoms with Gasteiger partial charge in [0, 0.05) is 36.2 Å². The van der Waals surface area contributed by atoms with E-state index in [0.717, 1.165) is 31.2 Å². The molecule has 25 heavy (non-hydrogen) atoms. The number of nitrogens with zero attached hydrogens (tertiary/aromatic N) is 2. The van der Waals surface area contributed by atoms with E-state index in [2.05, 4.69) is 35.8 Å². The van der Waals surface area contributed by atoms with Gasteiger partial charge in [-0.15, -0.1) is 0 Å². The molecule has 1 aliphatic carbocycles. The van der Waals surface area contributed by atoms with Crippen molar-refractivity contribution in [3.8, 4) is 0 Å². The van der Waals surface area contributed by atoms with Crippen molar-refractivity contribution < 1.29 is 8.42 Å². The number of aliphatic imine (C=N–C) groups is 1. The normalized spacial score (nSPS) is 29.3. The molecule has 0 aromatic rings. The second kappa shape index (κ2) is 8.07. The lowest BCUT2D eigenvalue weighted by atomic mass is 9.87. The summed E-state index contributed by atoms with van der Waals surface area (Å²) >= 11 is 2.17. The minimum atomic E-state index is -2.82. The smallest absolute Gasteiger partial charge is 0.194 e. The lowest BCUT2D eigenvalue weighted by Crippen LogP contribution is -2.54. The maximum atomic E-state index is 11.7. The molecule has 1 spiro atoms. The molecule has 2 aliphatic heterocycles. The Balaban J connectivity index is 1.67. The second-order valence-corrected chi connectivity index (χ2v) is 12.0. The summed E-state index contributed by atoms with van der Waals surface area (Å²) in [5, 5.41) is 3.53. The van der Waals surface area contributed by atoms with Crippen LogP contribution in [0.5, 0.6) is 0 Å². The molecular weight excluding hydrogens is 354 g/mol. The largest absolute Gasteiger partial charge is 0.354 e. The van der Waals surface area contributed by atoms with Gasteiger partial charge in [0.25, 0.3) is 0 Å². The highest BCUT2D eigenvalue weighted by Crippen LogP contribution is 2.42. The van der Waals surface area contributed by atoms with Gasteiger partial charge in [-0.2, -0.15) is 11.8 Å². The zero-order chi connectivity index (χ0) is 17.9. The molecule has 2 heterocycles. The van der Waals surface area contributed by atoms with Gasteiger partial charge in [0.2, 0.25) is 0 Å². The van der Waals surface area contributed by atoms with Gasteiger partial charge in [-0.05, 0) is 39.0 Å². The van der Waals surface area contributed by atoms with Crippen molar-refractivity contribution in [2.45, 2.75) is 63.2 Å². The topological polar surface area (TPSA) is 61.8 Å². The van der Waals surface area contributed by atoms with Crippen LogP contribution in [0.15, 0.2) is 4.99 Å². The molecule has 3 aliphatic rings. The molecule has 5 nitrogen and oxygen atoms in total. The van der Waals surface area contributed by atoms with E-state index in [1.54, 1.807) is 0 Å². The van der Waals surface area contributed by atoms with Crippen LogP contribution in [0.1, 0.15) is 52.4 Å². The molecule has 3 rings (SSSR count). The Morgan fingerprint density at radius 2 is 2.08 bits per heavy atom. The molecule has 0 aromatic heterocycles. The number of rotatable bonds is 3. The van der Waals surface area contributed by atoms with Crippen molar-refractivity contribution in [2.75, 3.05) is 36.9 Å². The van der Waals surface area contributed by atoms with Crippen LogP contribution in [0.2, 0.25) is 0 Å². The van der Waals surface area contributed by atoms with Crippen molar-refractivity contribution in [1.82, 2.24) is 10.2 Å². The molecule has 144 valence electrons. The molecule has 2 saturated heterocycles. The number of nitrogens with one attached hydrogen (secondary N) is 1. The van der Waals surface area contributed by atoms with Crippen molar-refractivity contribution >= 4 is 27.6 Å².